The molecule has 1 N–H and O–H groups in total. The van der Waals surface area contributed by atoms with E-state index in [-0.39, 0.29) is 17.1 Å². The van der Waals surface area contributed by atoms with Gasteiger partial charge in [0, 0.05) is 27.2 Å². The number of hydrogen-bond donors (Lipinski definition) is 1. The number of amides is 1. The average molecular weight is 542 g/mol. The number of anilines is 1. The van der Waals surface area contributed by atoms with E-state index in [0.29, 0.717) is 16.5 Å². The lowest BCUT2D eigenvalue weighted by Crippen LogP contribution is -2.28. The Balaban J connectivity index is 1.47. The van der Waals surface area contributed by atoms with Crippen molar-refractivity contribution in [1.82, 2.24) is 14.8 Å². The van der Waals surface area contributed by atoms with Crippen molar-refractivity contribution >= 4 is 45.3 Å². The molecule has 6 nitrogen and oxygen atoms in total. The number of aryl methyl sites for hydroxylation is 1. The van der Waals surface area contributed by atoms with Crippen LogP contribution in [0.2, 0.25) is 0 Å². The molecule has 1 aliphatic rings. The summed E-state index contributed by atoms with van der Waals surface area (Å²) in [5.41, 5.74) is 4.42. The minimum absolute atomic E-state index is 0.115. The first-order valence-corrected chi connectivity index (χ1v) is 15.3. The summed E-state index contributed by atoms with van der Waals surface area (Å²) in [5.74, 6) is 1.58. The second kappa shape index (κ2) is 11.1. The molecule has 1 aliphatic carbocycles. The smallest absolute Gasteiger partial charge is 0.235 e. The van der Waals surface area contributed by atoms with Crippen LogP contribution in [0.4, 0.5) is 5.00 Å². The summed E-state index contributed by atoms with van der Waals surface area (Å²) in [5, 5.41) is 25.4. The summed E-state index contributed by atoms with van der Waals surface area (Å²) in [6.45, 7) is 14.1. The van der Waals surface area contributed by atoms with Crippen molar-refractivity contribution in [3.63, 3.8) is 0 Å². The highest BCUT2D eigenvalue weighted by Gasteiger charge is 2.34. The van der Waals surface area contributed by atoms with Gasteiger partial charge in [-0.1, -0.05) is 45.9 Å². The van der Waals surface area contributed by atoms with Gasteiger partial charge in [0.25, 0.3) is 0 Å². The van der Waals surface area contributed by atoms with Gasteiger partial charge in [0.1, 0.15) is 11.1 Å². The zero-order valence-corrected chi connectivity index (χ0v) is 24.5. The van der Waals surface area contributed by atoms with E-state index in [1.807, 2.05) is 0 Å². The molecule has 0 aliphatic heterocycles. The number of nitriles is 1. The molecule has 0 fully saturated rings. The molecule has 192 valence electrons. The molecule has 0 aromatic carbocycles. The molecule has 0 saturated heterocycles. The van der Waals surface area contributed by atoms with Gasteiger partial charge in [-0.2, -0.15) is 5.26 Å². The minimum atomic E-state index is -0.115. The van der Waals surface area contributed by atoms with Crippen molar-refractivity contribution in [2.24, 2.45) is 11.3 Å². The Hall–Kier alpha value is -2.15. The van der Waals surface area contributed by atoms with Gasteiger partial charge in [0.2, 0.25) is 5.91 Å². The monoisotopic (exact) mass is 541 g/mol. The Bertz CT molecular complexity index is 1290. The lowest BCUT2D eigenvalue weighted by molar-refractivity contribution is -0.113. The quantitative estimate of drug-likeness (QED) is 0.289. The molecule has 0 bridgehead atoms. The second-order valence-electron chi connectivity index (χ2n) is 10.2. The molecular weight excluding hydrogens is 507 g/mol. The van der Waals surface area contributed by atoms with Crippen LogP contribution in [-0.4, -0.2) is 26.4 Å². The average Bonchev–Trinajstić information content (AvgIpc) is 3.52. The third kappa shape index (κ3) is 5.27. The standard InChI is InChI=1S/C27H35N5OS3/c1-7-11-32-24(21-14-34-17(4)16(21)3)30-31-26(32)35-15-23(33)29-25-20(13-28)19-10-9-18(12-22(19)36-25)27(5,6)8-2/h14,18H,7-12,15H2,1-6H3,(H,29,33). The number of thiophene rings is 2. The van der Waals surface area contributed by atoms with Crippen LogP contribution in [0.1, 0.15) is 73.4 Å². The van der Waals surface area contributed by atoms with Crippen molar-refractivity contribution in [1.29, 1.82) is 5.26 Å². The number of hydrogen-bond acceptors (Lipinski definition) is 7. The van der Waals surface area contributed by atoms with E-state index in [1.165, 1.54) is 27.1 Å². The molecule has 3 heterocycles. The molecule has 1 atom stereocenters. The number of fused-ring (bicyclic) bond motifs is 1. The third-order valence-corrected chi connectivity index (χ3v) is 10.8. The third-order valence-electron chi connectivity index (χ3n) is 7.67. The molecule has 1 amide bonds. The minimum Gasteiger partial charge on any atom is -0.316 e. The van der Waals surface area contributed by atoms with Crippen molar-refractivity contribution in [2.45, 2.75) is 85.3 Å². The Morgan fingerprint density at radius 2 is 2.11 bits per heavy atom. The molecule has 9 heteroatoms. The summed E-state index contributed by atoms with van der Waals surface area (Å²) >= 11 is 4.71. The highest BCUT2D eigenvalue weighted by atomic mass is 32.2. The van der Waals surface area contributed by atoms with E-state index in [1.54, 1.807) is 22.7 Å². The number of nitrogens with zero attached hydrogens (tertiary/aromatic N) is 4. The summed E-state index contributed by atoms with van der Waals surface area (Å²) in [6, 6.07) is 2.37. The van der Waals surface area contributed by atoms with Gasteiger partial charge >= 0.3 is 0 Å². The predicted octanol–water partition coefficient (Wildman–Crippen LogP) is 7.24. The topological polar surface area (TPSA) is 83.6 Å². The molecule has 0 spiro atoms. The van der Waals surface area contributed by atoms with E-state index in [9.17, 15) is 10.1 Å². The summed E-state index contributed by atoms with van der Waals surface area (Å²) < 4.78 is 2.12. The zero-order chi connectivity index (χ0) is 26.0. The first-order chi connectivity index (χ1) is 17.2. The SMILES string of the molecule is CCCn1c(SCC(=O)Nc2sc3c(c2C#N)CCC(C(C)(C)CC)C3)nnc1-c1csc(C)c1C. The van der Waals surface area contributed by atoms with Crippen molar-refractivity contribution in [3.8, 4) is 17.5 Å². The van der Waals surface area contributed by atoms with Crippen LogP contribution in [-0.2, 0) is 24.2 Å². The molecule has 36 heavy (non-hydrogen) atoms. The Kier molecular flexibility index (Phi) is 8.28. The van der Waals surface area contributed by atoms with Gasteiger partial charge in [0.15, 0.2) is 11.0 Å². The highest BCUT2D eigenvalue weighted by Crippen LogP contribution is 2.45. The maximum Gasteiger partial charge on any atom is 0.235 e. The van der Waals surface area contributed by atoms with Crippen LogP contribution in [0.5, 0.6) is 0 Å². The molecule has 0 radical (unpaired) electrons. The molecule has 4 rings (SSSR count). The summed E-state index contributed by atoms with van der Waals surface area (Å²) in [4.78, 5) is 15.5. The first kappa shape index (κ1) is 26.9. The summed E-state index contributed by atoms with van der Waals surface area (Å²) in [6.07, 6.45) is 5.10. The maximum atomic E-state index is 12.9. The molecule has 3 aromatic rings. The van der Waals surface area contributed by atoms with Gasteiger partial charge in [-0.3, -0.25) is 4.79 Å². The molecular formula is C27H35N5OS3. The fourth-order valence-electron chi connectivity index (χ4n) is 4.79. The number of nitrogens with one attached hydrogen (secondary N) is 1. The lowest BCUT2D eigenvalue weighted by Gasteiger charge is -2.36. The number of aromatic nitrogens is 3. The molecule has 3 aromatic heterocycles. The van der Waals surface area contributed by atoms with Crippen LogP contribution >= 0.6 is 34.4 Å². The van der Waals surface area contributed by atoms with Gasteiger partial charge in [0.05, 0.1) is 11.3 Å². The Morgan fingerprint density at radius 3 is 2.75 bits per heavy atom. The van der Waals surface area contributed by atoms with Gasteiger partial charge < -0.3 is 9.88 Å². The zero-order valence-electron chi connectivity index (χ0n) is 22.0. The van der Waals surface area contributed by atoms with Crippen LogP contribution in [0.15, 0.2) is 10.5 Å². The van der Waals surface area contributed by atoms with Gasteiger partial charge in [-0.05, 0) is 62.0 Å². The number of carbonyl (C=O) groups is 1. The van der Waals surface area contributed by atoms with Crippen LogP contribution < -0.4 is 5.32 Å². The van der Waals surface area contributed by atoms with Gasteiger partial charge in [-0.15, -0.1) is 32.9 Å². The molecule has 0 saturated carbocycles. The van der Waals surface area contributed by atoms with Crippen molar-refractivity contribution in [2.75, 3.05) is 11.1 Å². The highest BCUT2D eigenvalue weighted by molar-refractivity contribution is 7.99. The summed E-state index contributed by atoms with van der Waals surface area (Å²) in [7, 11) is 0. The fourth-order valence-corrected chi connectivity index (χ4v) is 7.72. The second-order valence-corrected chi connectivity index (χ2v) is 13.4. The van der Waals surface area contributed by atoms with E-state index in [0.717, 1.165) is 60.8 Å². The fraction of sp³-hybridized carbons (Fsp3) is 0.556. The first-order valence-electron chi connectivity index (χ1n) is 12.7. The van der Waals surface area contributed by atoms with E-state index in [2.05, 4.69) is 73.1 Å². The van der Waals surface area contributed by atoms with Crippen LogP contribution in [0.25, 0.3) is 11.4 Å². The number of rotatable bonds is 9. The van der Waals surface area contributed by atoms with Crippen molar-refractivity contribution < 1.29 is 4.79 Å². The Labute approximate surface area is 226 Å². The van der Waals surface area contributed by atoms with E-state index >= 15 is 0 Å². The predicted molar refractivity (Wildman–Crippen MR) is 151 cm³/mol. The number of thioether (sulfide) groups is 1. The van der Waals surface area contributed by atoms with E-state index in [4.69, 9.17) is 0 Å². The Morgan fingerprint density at radius 1 is 1.33 bits per heavy atom. The maximum absolute atomic E-state index is 12.9. The lowest BCUT2D eigenvalue weighted by atomic mass is 9.69. The van der Waals surface area contributed by atoms with Crippen molar-refractivity contribution in [3.05, 3.63) is 31.8 Å². The van der Waals surface area contributed by atoms with Crippen LogP contribution in [0.3, 0.4) is 0 Å². The molecule has 1 unspecified atom stereocenters. The van der Waals surface area contributed by atoms with Crippen LogP contribution in [0, 0.1) is 36.5 Å². The number of carbonyl (C=O) groups excluding carboxylic acids is 1. The van der Waals surface area contributed by atoms with E-state index < -0.39 is 0 Å². The largest absolute Gasteiger partial charge is 0.316 e. The normalized spacial score (nSPS) is 15.5. The van der Waals surface area contributed by atoms with Gasteiger partial charge in [-0.25, -0.2) is 0 Å².